The van der Waals surface area contributed by atoms with Crippen LogP contribution in [0.3, 0.4) is 0 Å². The predicted molar refractivity (Wildman–Crippen MR) is 151 cm³/mol. The molecule has 4 aromatic rings. The minimum atomic E-state index is -0.827. The molecule has 0 spiro atoms. The zero-order valence-electron chi connectivity index (χ0n) is 21.6. The maximum atomic E-state index is 13.0. The van der Waals surface area contributed by atoms with Gasteiger partial charge in [-0.15, -0.1) is 0 Å². The number of anilines is 3. The molecule has 2 atom stereocenters. The number of oxazole rings is 1. The molecule has 1 aromatic heterocycles. The highest BCUT2D eigenvalue weighted by atomic mass is 35.5. The molecule has 0 radical (unpaired) electrons. The average molecular weight is 548 g/mol. The van der Waals surface area contributed by atoms with Gasteiger partial charge in [0, 0.05) is 17.9 Å². The lowest BCUT2D eigenvalue weighted by Crippen LogP contribution is -2.18. The number of fused-ring (bicyclic) bond motifs is 1. The molecule has 3 N–H and O–H groups in total. The van der Waals surface area contributed by atoms with Crippen LogP contribution in [0.4, 0.5) is 17.4 Å². The lowest BCUT2D eigenvalue weighted by molar-refractivity contribution is -0.137. The predicted octanol–water partition coefficient (Wildman–Crippen LogP) is 6.56. The number of aryl methyl sites for hydroxylation is 1. The minimum Gasteiger partial charge on any atom is -0.481 e. The Hall–Kier alpha value is -3.88. The molecule has 3 aromatic carbocycles. The number of hydrogen-bond acceptors (Lipinski definition) is 6. The molecule has 202 valence electrons. The molecule has 2 unspecified atom stereocenters. The zero-order valence-corrected chi connectivity index (χ0v) is 22.3. The number of carboxylic acids is 1. The molecule has 5 rings (SSSR count). The van der Waals surface area contributed by atoms with Crippen LogP contribution in [0.1, 0.15) is 42.4 Å². The number of halogens is 1. The lowest BCUT2D eigenvalue weighted by atomic mass is 9.83. The first-order valence-corrected chi connectivity index (χ1v) is 13.4. The van der Waals surface area contributed by atoms with Gasteiger partial charge in [-0.1, -0.05) is 48.9 Å². The summed E-state index contributed by atoms with van der Waals surface area (Å²) >= 11 is 6.25. The van der Waals surface area contributed by atoms with Crippen LogP contribution < -0.4 is 10.6 Å². The van der Waals surface area contributed by atoms with Crippen LogP contribution in [-0.4, -0.2) is 35.2 Å². The molecule has 1 fully saturated rings. The van der Waals surface area contributed by atoms with Crippen molar-refractivity contribution < 1.29 is 23.8 Å². The van der Waals surface area contributed by atoms with E-state index in [9.17, 15) is 14.7 Å². The van der Waals surface area contributed by atoms with E-state index in [1.54, 1.807) is 6.07 Å². The van der Waals surface area contributed by atoms with Crippen molar-refractivity contribution in [1.29, 1.82) is 0 Å². The SMILES string of the molecule is CCc1c(CC(=O)Nc2ccc(C(CC(=O)O)C3CCOC3)cc2)ccc2nc(Nc3ccccc3Cl)oc12. The number of amides is 1. The van der Waals surface area contributed by atoms with Crippen LogP contribution in [-0.2, 0) is 27.2 Å². The second-order valence-corrected chi connectivity index (χ2v) is 10.1. The first kappa shape index (κ1) is 26.7. The van der Waals surface area contributed by atoms with E-state index in [4.69, 9.17) is 20.8 Å². The van der Waals surface area contributed by atoms with E-state index in [2.05, 4.69) is 15.6 Å². The summed E-state index contributed by atoms with van der Waals surface area (Å²) in [5, 5.41) is 16.0. The molecule has 1 aliphatic rings. The first-order valence-electron chi connectivity index (χ1n) is 13.0. The Morgan fingerprint density at radius 2 is 1.92 bits per heavy atom. The highest BCUT2D eigenvalue weighted by molar-refractivity contribution is 6.33. The number of carbonyl (C=O) groups is 2. The van der Waals surface area contributed by atoms with Gasteiger partial charge in [0.1, 0.15) is 5.52 Å². The fourth-order valence-electron chi connectivity index (χ4n) is 5.18. The van der Waals surface area contributed by atoms with Gasteiger partial charge >= 0.3 is 5.97 Å². The molecule has 39 heavy (non-hydrogen) atoms. The lowest BCUT2D eigenvalue weighted by Gasteiger charge is -2.21. The molecule has 9 heteroatoms. The van der Waals surface area contributed by atoms with Crippen molar-refractivity contribution in [2.24, 2.45) is 5.92 Å². The van der Waals surface area contributed by atoms with Crippen molar-refractivity contribution in [3.8, 4) is 0 Å². The van der Waals surface area contributed by atoms with Gasteiger partial charge in [0.2, 0.25) is 5.91 Å². The van der Waals surface area contributed by atoms with Crippen LogP contribution >= 0.6 is 11.6 Å². The Balaban J connectivity index is 1.28. The van der Waals surface area contributed by atoms with Gasteiger partial charge in [-0.3, -0.25) is 9.59 Å². The van der Waals surface area contributed by atoms with Crippen molar-refractivity contribution in [1.82, 2.24) is 4.98 Å². The molecule has 1 saturated heterocycles. The Bertz CT molecular complexity index is 1480. The second kappa shape index (κ2) is 11.9. The number of benzene rings is 3. The fourth-order valence-corrected chi connectivity index (χ4v) is 5.36. The topological polar surface area (TPSA) is 114 Å². The number of ether oxygens (including phenoxy) is 1. The van der Waals surface area contributed by atoms with Crippen LogP contribution in [0.25, 0.3) is 11.1 Å². The fraction of sp³-hybridized carbons (Fsp3) is 0.300. The van der Waals surface area contributed by atoms with Gasteiger partial charge < -0.3 is 24.9 Å². The van der Waals surface area contributed by atoms with Gasteiger partial charge in [-0.2, -0.15) is 4.98 Å². The van der Waals surface area contributed by atoms with E-state index in [0.29, 0.717) is 53.1 Å². The van der Waals surface area contributed by atoms with Crippen LogP contribution in [0, 0.1) is 5.92 Å². The quantitative estimate of drug-likeness (QED) is 0.206. The summed E-state index contributed by atoms with van der Waals surface area (Å²) in [6, 6.07) is 18.9. The molecule has 0 saturated carbocycles. The van der Waals surface area contributed by atoms with Gasteiger partial charge in [0.25, 0.3) is 6.01 Å². The van der Waals surface area contributed by atoms with E-state index in [1.807, 2.05) is 61.5 Å². The number of aromatic nitrogens is 1. The molecule has 1 aliphatic heterocycles. The minimum absolute atomic E-state index is 0.0548. The summed E-state index contributed by atoms with van der Waals surface area (Å²) < 4.78 is 11.5. The third-order valence-electron chi connectivity index (χ3n) is 7.13. The van der Waals surface area contributed by atoms with E-state index in [1.165, 1.54) is 0 Å². The first-order chi connectivity index (χ1) is 18.9. The van der Waals surface area contributed by atoms with E-state index < -0.39 is 5.97 Å². The summed E-state index contributed by atoms with van der Waals surface area (Å²) in [5.74, 6) is -0.920. The van der Waals surface area contributed by atoms with Gasteiger partial charge in [-0.25, -0.2) is 0 Å². The van der Waals surface area contributed by atoms with Crippen LogP contribution in [0.2, 0.25) is 5.02 Å². The maximum absolute atomic E-state index is 13.0. The summed E-state index contributed by atoms with van der Waals surface area (Å²) in [6.07, 6.45) is 1.75. The van der Waals surface area contributed by atoms with E-state index in [-0.39, 0.29) is 30.6 Å². The Morgan fingerprint density at radius 3 is 2.62 bits per heavy atom. The van der Waals surface area contributed by atoms with Crippen molar-refractivity contribution in [3.63, 3.8) is 0 Å². The van der Waals surface area contributed by atoms with E-state index >= 15 is 0 Å². The third-order valence-corrected chi connectivity index (χ3v) is 7.46. The number of hydrogen-bond donors (Lipinski definition) is 3. The molecular formula is C30H30ClN3O5. The number of nitrogens with one attached hydrogen (secondary N) is 2. The van der Waals surface area contributed by atoms with Crippen LogP contribution in [0.15, 0.2) is 65.1 Å². The molecule has 8 nitrogen and oxygen atoms in total. The normalized spacial score (nSPS) is 15.8. The number of aliphatic carboxylic acids is 1. The van der Waals surface area contributed by atoms with Crippen molar-refractivity contribution >= 4 is 52.0 Å². The molecular weight excluding hydrogens is 518 g/mol. The van der Waals surface area contributed by atoms with Crippen molar-refractivity contribution in [3.05, 3.63) is 82.4 Å². The van der Waals surface area contributed by atoms with Crippen molar-refractivity contribution in [2.75, 3.05) is 23.8 Å². The number of carbonyl (C=O) groups excluding carboxylic acids is 1. The highest BCUT2D eigenvalue weighted by Crippen LogP contribution is 2.34. The van der Waals surface area contributed by atoms with Crippen LogP contribution in [0.5, 0.6) is 0 Å². The molecule has 0 bridgehead atoms. The third kappa shape index (κ3) is 6.24. The number of rotatable bonds is 10. The summed E-state index contributed by atoms with van der Waals surface area (Å²) in [7, 11) is 0. The molecule has 1 amide bonds. The largest absolute Gasteiger partial charge is 0.481 e. The highest BCUT2D eigenvalue weighted by Gasteiger charge is 2.29. The van der Waals surface area contributed by atoms with Crippen molar-refractivity contribution in [2.45, 2.75) is 38.5 Å². The number of para-hydroxylation sites is 1. The summed E-state index contributed by atoms with van der Waals surface area (Å²) in [6.45, 7) is 3.25. The summed E-state index contributed by atoms with van der Waals surface area (Å²) in [5.41, 5.74) is 5.42. The molecule has 0 aliphatic carbocycles. The van der Waals surface area contributed by atoms with Gasteiger partial charge in [-0.05, 0) is 66.1 Å². The smallest absolute Gasteiger partial charge is 0.303 e. The van der Waals surface area contributed by atoms with E-state index in [0.717, 1.165) is 23.1 Å². The van der Waals surface area contributed by atoms with Gasteiger partial charge in [0.05, 0.1) is 30.2 Å². The second-order valence-electron chi connectivity index (χ2n) is 9.70. The maximum Gasteiger partial charge on any atom is 0.303 e. The molecule has 2 heterocycles. The summed E-state index contributed by atoms with van der Waals surface area (Å²) in [4.78, 5) is 28.9. The number of carboxylic acid groups (broad SMARTS) is 1. The zero-order chi connectivity index (χ0) is 27.4. The Morgan fingerprint density at radius 1 is 1.13 bits per heavy atom. The monoisotopic (exact) mass is 547 g/mol. The standard InChI is InChI=1S/C30H30ClN3O5/c1-2-22-19(9-12-26-29(22)39-30(34-26)33-25-6-4-3-5-24(25)31)15-27(35)32-21-10-7-18(8-11-21)23(16-28(36)37)20-13-14-38-17-20/h3-12,20,23H,2,13-17H2,1H3,(H,32,35)(H,33,34)(H,36,37). The van der Waals surface area contributed by atoms with Gasteiger partial charge in [0.15, 0.2) is 5.58 Å². The average Bonchev–Trinajstić information content (AvgIpc) is 3.59. The Kier molecular flexibility index (Phi) is 8.14. The number of nitrogens with zero attached hydrogens (tertiary/aromatic N) is 1. The Labute approximate surface area is 231 Å².